The Bertz CT molecular complexity index is 1170. The Hall–Kier alpha value is -4.13. The Morgan fingerprint density at radius 3 is 2.39 bits per heavy atom. The van der Waals surface area contributed by atoms with Gasteiger partial charge in [0.2, 0.25) is 5.89 Å². The number of nitrogens with zero attached hydrogens (tertiary/aromatic N) is 2. The standard InChI is InChI=1S/C26H25N3O4/c1-2-31-21-14-12-19(13-15-21)16-17-27-24(30)18-32-23-11-7-6-10-22(23)26-29-28-25(33-26)20-8-4-3-5-9-20/h3-15H,2,16-18H2,1H3,(H,27,30). The lowest BCUT2D eigenvalue weighted by atomic mass is 10.1. The van der Waals surface area contributed by atoms with Crippen LogP contribution in [0.5, 0.6) is 11.5 Å². The van der Waals surface area contributed by atoms with Crippen molar-refractivity contribution in [2.45, 2.75) is 13.3 Å². The summed E-state index contributed by atoms with van der Waals surface area (Å²) in [7, 11) is 0. The zero-order chi connectivity index (χ0) is 22.9. The number of carbonyl (C=O) groups excluding carboxylic acids is 1. The Morgan fingerprint density at radius 2 is 1.61 bits per heavy atom. The Morgan fingerprint density at radius 1 is 0.879 bits per heavy atom. The van der Waals surface area contributed by atoms with Gasteiger partial charge in [-0.2, -0.15) is 0 Å². The van der Waals surface area contributed by atoms with E-state index in [4.69, 9.17) is 13.9 Å². The van der Waals surface area contributed by atoms with Crippen LogP contribution in [0.1, 0.15) is 12.5 Å². The topological polar surface area (TPSA) is 86.5 Å². The first-order valence-corrected chi connectivity index (χ1v) is 10.8. The molecule has 0 saturated carbocycles. The summed E-state index contributed by atoms with van der Waals surface area (Å²) >= 11 is 0. The van der Waals surface area contributed by atoms with Crippen molar-refractivity contribution < 1.29 is 18.7 Å². The number of benzene rings is 3. The molecule has 1 amide bonds. The van der Waals surface area contributed by atoms with E-state index in [0.717, 1.165) is 23.3 Å². The third kappa shape index (κ3) is 5.98. The molecule has 7 heteroatoms. The molecule has 0 radical (unpaired) electrons. The van der Waals surface area contributed by atoms with Crippen molar-refractivity contribution in [3.63, 3.8) is 0 Å². The van der Waals surface area contributed by atoms with E-state index in [0.29, 0.717) is 36.2 Å². The summed E-state index contributed by atoms with van der Waals surface area (Å²) in [5.41, 5.74) is 2.59. The molecule has 0 aliphatic carbocycles. The van der Waals surface area contributed by atoms with E-state index in [9.17, 15) is 4.79 Å². The second kappa shape index (κ2) is 10.9. The Balaban J connectivity index is 1.31. The molecule has 0 fully saturated rings. The highest BCUT2D eigenvalue weighted by Crippen LogP contribution is 2.30. The maximum Gasteiger partial charge on any atom is 0.257 e. The molecular weight excluding hydrogens is 418 g/mol. The summed E-state index contributed by atoms with van der Waals surface area (Å²) in [5.74, 6) is 1.90. The van der Waals surface area contributed by atoms with Crippen molar-refractivity contribution in [3.8, 4) is 34.4 Å². The lowest BCUT2D eigenvalue weighted by Gasteiger charge is -2.10. The van der Waals surface area contributed by atoms with Crippen LogP contribution in [0.25, 0.3) is 22.9 Å². The normalized spacial score (nSPS) is 10.6. The first kappa shape index (κ1) is 22.1. The number of hydrogen-bond donors (Lipinski definition) is 1. The summed E-state index contributed by atoms with van der Waals surface area (Å²) in [5, 5.41) is 11.1. The van der Waals surface area contributed by atoms with Gasteiger partial charge in [-0.25, -0.2) is 0 Å². The molecule has 1 aromatic heterocycles. The van der Waals surface area contributed by atoms with E-state index in [1.807, 2.05) is 79.7 Å². The third-order valence-electron chi connectivity index (χ3n) is 4.89. The fourth-order valence-corrected chi connectivity index (χ4v) is 3.26. The fourth-order valence-electron chi connectivity index (χ4n) is 3.26. The first-order chi connectivity index (χ1) is 16.2. The van der Waals surface area contributed by atoms with Crippen molar-refractivity contribution >= 4 is 5.91 Å². The molecule has 0 saturated heterocycles. The van der Waals surface area contributed by atoms with Crippen LogP contribution in [-0.4, -0.2) is 35.9 Å². The van der Waals surface area contributed by atoms with Gasteiger partial charge in [0.25, 0.3) is 11.8 Å². The lowest BCUT2D eigenvalue weighted by Crippen LogP contribution is -2.30. The summed E-state index contributed by atoms with van der Waals surface area (Å²) in [6.45, 7) is 3.00. The van der Waals surface area contributed by atoms with Gasteiger partial charge in [-0.3, -0.25) is 4.79 Å². The van der Waals surface area contributed by atoms with E-state index >= 15 is 0 Å². The minimum absolute atomic E-state index is 0.111. The van der Waals surface area contributed by atoms with Crippen LogP contribution in [0.15, 0.2) is 83.3 Å². The van der Waals surface area contributed by atoms with E-state index in [1.165, 1.54) is 0 Å². The second-order valence-electron chi connectivity index (χ2n) is 7.24. The van der Waals surface area contributed by atoms with Crippen molar-refractivity contribution in [3.05, 3.63) is 84.4 Å². The van der Waals surface area contributed by atoms with Gasteiger partial charge >= 0.3 is 0 Å². The molecule has 0 aliphatic heterocycles. The molecule has 0 aliphatic rings. The number of ether oxygens (including phenoxy) is 2. The number of para-hydroxylation sites is 1. The van der Waals surface area contributed by atoms with Gasteiger partial charge in [-0.05, 0) is 55.3 Å². The van der Waals surface area contributed by atoms with Gasteiger partial charge < -0.3 is 19.2 Å². The van der Waals surface area contributed by atoms with Crippen molar-refractivity contribution in [1.82, 2.24) is 15.5 Å². The van der Waals surface area contributed by atoms with Gasteiger partial charge in [0.1, 0.15) is 11.5 Å². The Labute approximate surface area is 192 Å². The molecule has 7 nitrogen and oxygen atoms in total. The predicted molar refractivity (Wildman–Crippen MR) is 125 cm³/mol. The number of nitrogens with one attached hydrogen (secondary N) is 1. The average Bonchev–Trinajstić information content (AvgIpc) is 3.35. The molecule has 4 aromatic rings. The SMILES string of the molecule is CCOc1ccc(CCNC(=O)COc2ccccc2-c2nnc(-c3ccccc3)o2)cc1. The first-order valence-electron chi connectivity index (χ1n) is 10.8. The minimum atomic E-state index is -0.203. The molecule has 3 aromatic carbocycles. The van der Waals surface area contributed by atoms with E-state index in [1.54, 1.807) is 6.07 Å². The number of amides is 1. The predicted octanol–water partition coefficient (Wildman–Crippen LogP) is 4.54. The Kier molecular flexibility index (Phi) is 7.33. The summed E-state index contributed by atoms with van der Waals surface area (Å²) in [4.78, 5) is 12.3. The molecule has 168 valence electrons. The van der Waals surface area contributed by atoms with Crippen molar-refractivity contribution in [2.75, 3.05) is 19.8 Å². The smallest absolute Gasteiger partial charge is 0.257 e. The quantitative estimate of drug-likeness (QED) is 0.387. The van der Waals surface area contributed by atoms with E-state index in [2.05, 4.69) is 15.5 Å². The van der Waals surface area contributed by atoms with Crippen molar-refractivity contribution in [1.29, 1.82) is 0 Å². The molecule has 1 N–H and O–H groups in total. The third-order valence-corrected chi connectivity index (χ3v) is 4.89. The summed E-state index contributed by atoms with van der Waals surface area (Å²) in [6.07, 6.45) is 0.721. The molecular formula is C26H25N3O4. The highest BCUT2D eigenvalue weighted by atomic mass is 16.5. The van der Waals surface area contributed by atoms with Crippen LogP contribution in [0.3, 0.4) is 0 Å². The number of carbonyl (C=O) groups is 1. The zero-order valence-corrected chi connectivity index (χ0v) is 18.4. The molecule has 4 rings (SSSR count). The lowest BCUT2D eigenvalue weighted by molar-refractivity contribution is -0.123. The minimum Gasteiger partial charge on any atom is -0.494 e. The molecule has 0 spiro atoms. The monoisotopic (exact) mass is 443 g/mol. The number of hydrogen-bond acceptors (Lipinski definition) is 6. The largest absolute Gasteiger partial charge is 0.494 e. The second-order valence-corrected chi connectivity index (χ2v) is 7.24. The van der Waals surface area contributed by atoms with Gasteiger partial charge in [0, 0.05) is 12.1 Å². The zero-order valence-electron chi connectivity index (χ0n) is 18.4. The molecule has 0 atom stereocenters. The van der Waals surface area contributed by atoms with Crippen LogP contribution >= 0.6 is 0 Å². The van der Waals surface area contributed by atoms with E-state index < -0.39 is 0 Å². The average molecular weight is 444 g/mol. The van der Waals surface area contributed by atoms with Crippen LogP contribution in [-0.2, 0) is 11.2 Å². The summed E-state index contributed by atoms with van der Waals surface area (Å²) in [6, 6.07) is 24.7. The fraction of sp³-hybridized carbons (Fsp3) is 0.192. The molecule has 33 heavy (non-hydrogen) atoms. The van der Waals surface area contributed by atoms with Gasteiger partial charge in [-0.15, -0.1) is 10.2 Å². The van der Waals surface area contributed by atoms with E-state index in [-0.39, 0.29) is 12.5 Å². The maximum atomic E-state index is 12.3. The van der Waals surface area contributed by atoms with Gasteiger partial charge in [0.05, 0.1) is 12.2 Å². The van der Waals surface area contributed by atoms with Gasteiger partial charge in [-0.1, -0.05) is 42.5 Å². The summed E-state index contributed by atoms with van der Waals surface area (Å²) < 4.78 is 17.0. The van der Waals surface area contributed by atoms with Crippen LogP contribution in [0.4, 0.5) is 0 Å². The van der Waals surface area contributed by atoms with Crippen LogP contribution < -0.4 is 14.8 Å². The number of rotatable bonds is 10. The van der Waals surface area contributed by atoms with Crippen molar-refractivity contribution in [2.24, 2.45) is 0 Å². The highest BCUT2D eigenvalue weighted by molar-refractivity contribution is 5.78. The van der Waals surface area contributed by atoms with Crippen LogP contribution in [0, 0.1) is 0 Å². The van der Waals surface area contributed by atoms with Gasteiger partial charge in [0.15, 0.2) is 6.61 Å². The molecule has 0 unspecified atom stereocenters. The number of aromatic nitrogens is 2. The molecule has 0 bridgehead atoms. The molecule has 1 heterocycles. The van der Waals surface area contributed by atoms with Crippen LogP contribution in [0.2, 0.25) is 0 Å². The highest BCUT2D eigenvalue weighted by Gasteiger charge is 2.15. The maximum absolute atomic E-state index is 12.3.